The van der Waals surface area contributed by atoms with Crippen LogP contribution in [0.5, 0.6) is 0 Å². The van der Waals surface area contributed by atoms with E-state index in [1.54, 1.807) is 0 Å². The fourth-order valence-electron chi connectivity index (χ4n) is 2.32. The van der Waals surface area contributed by atoms with Gasteiger partial charge in [-0.05, 0) is 27.1 Å². The van der Waals surface area contributed by atoms with Gasteiger partial charge in [-0.25, -0.2) is 0 Å². The number of aromatic amines is 1. The summed E-state index contributed by atoms with van der Waals surface area (Å²) in [7, 11) is 0. The van der Waals surface area contributed by atoms with Crippen LogP contribution in [-0.2, 0) is 0 Å². The Kier molecular flexibility index (Phi) is 3.47. The number of hydrogen-bond donors (Lipinski definition) is 1. The van der Waals surface area contributed by atoms with E-state index >= 15 is 0 Å². The van der Waals surface area contributed by atoms with Crippen LogP contribution < -0.4 is 0 Å². The van der Waals surface area contributed by atoms with Gasteiger partial charge in [-0.2, -0.15) is 5.10 Å². The third-order valence-corrected chi connectivity index (χ3v) is 3.83. The van der Waals surface area contributed by atoms with E-state index in [2.05, 4.69) is 74.7 Å². The zero-order chi connectivity index (χ0) is 13.1. The van der Waals surface area contributed by atoms with Crippen molar-refractivity contribution in [1.29, 1.82) is 0 Å². The van der Waals surface area contributed by atoms with E-state index < -0.39 is 0 Å². The highest BCUT2D eigenvalue weighted by Gasteiger charge is 2.19. The van der Waals surface area contributed by atoms with Crippen molar-refractivity contribution >= 4 is 15.9 Å². The summed E-state index contributed by atoms with van der Waals surface area (Å²) in [4.78, 5) is 0. The zero-order valence-corrected chi connectivity index (χ0v) is 11.8. The smallest absolute Gasteiger partial charge is 0.105 e. The van der Waals surface area contributed by atoms with Crippen LogP contribution in [0.15, 0.2) is 71.5 Å². The van der Waals surface area contributed by atoms with Crippen molar-refractivity contribution in [3.05, 3.63) is 88.2 Å². The summed E-state index contributed by atoms with van der Waals surface area (Å²) in [6.07, 6.45) is 1.88. The van der Waals surface area contributed by atoms with Gasteiger partial charge in [-0.3, -0.25) is 5.10 Å². The Labute approximate surface area is 120 Å². The van der Waals surface area contributed by atoms with E-state index in [9.17, 15) is 0 Å². The quantitative estimate of drug-likeness (QED) is 0.765. The average Bonchev–Trinajstić information content (AvgIpc) is 2.88. The lowest BCUT2D eigenvalue weighted by molar-refractivity contribution is 0.971. The van der Waals surface area contributed by atoms with Gasteiger partial charge < -0.3 is 0 Å². The van der Waals surface area contributed by atoms with Crippen molar-refractivity contribution in [2.24, 2.45) is 0 Å². The van der Waals surface area contributed by atoms with Gasteiger partial charge in [-0.1, -0.05) is 60.7 Å². The van der Waals surface area contributed by atoms with Crippen LogP contribution in [0.25, 0.3) is 0 Å². The molecule has 0 bridgehead atoms. The van der Waals surface area contributed by atoms with E-state index in [1.165, 1.54) is 11.1 Å². The Morgan fingerprint density at radius 1 is 0.842 bits per heavy atom. The first kappa shape index (κ1) is 12.2. The maximum absolute atomic E-state index is 4.12. The topological polar surface area (TPSA) is 28.7 Å². The number of H-pyrrole nitrogens is 1. The van der Waals surface area contributed by atoms with Crippen molar-refractivity contribution in [3.63, 3.8) is 0 Å². The highest BCUT2D eigenvalue weighted by Crippen LogP contribution is 2.34. The number of nitrogens with one attached hydrogen (secondary N) is 1. The molecule has 1 N–H and O–H groups in total. The number of hydrogen-bond acceptors (Lipinski definition) is 1. The predicted octanol–water partition coefficient (Wildman–Crippen LogP) is 4.35. The average molecular weight is 313 g/mol. The second kappa shape index (κ2) is 5.41. The molecule has 3 rings (SSSR count). The fourth-order valence-corrected chi connectivity index (χ4v) is 2.76. The van der Waals surface area contributed by atoms with Crippen molar-refractivity contribution in [2.75, 3.05) is 0 Å². The van der Waals surface area contributed by atoms with Gasteiger partial charge in [0.15, 0.2) is 0 Å². The number of nitrogens with zero attached hydrogens (tertiary/aromatic N) is 1. The molecule has 0 saturated heterocycles. The summed E-state index contributed by atoms with van der Waals surface area (Å²) in [6, 6.07) is 20.9. The van der Waals surface area contributed by atoms with Gasteiger partial charge in [0.1, 0.15) is 4.60 Å². The minimum atomic E-state index is 0.190. The van der Waals surface area contributed by atoms with Crippen molar-refractivity contribution in [1.82, 2.24) is 10.2 Å². The monoisotopic (exact) mass is 312 g/mol. The standard InChI is InChI=1S/C16H13BrN2/c17-16-14(11-18-19-16)15(12-7-3-1-4-8-12)13-9-5-2-6-10-13/h1-11,15H,(H,18,19). The Hall–Kier alpha value is -1.87. The summed E-state index contributed by atoms with van der Waals surface area (Å²) >= 11 is 3.54. The molecule has 0 aliphatic heterocycles. The second-order valence-electron chi connectivity index (χ2n) is 4.39. The molecule has 0 radical (unpaired) electrons. The Morgan fingerprint density at radius 3 is 1.79 bits per heavy atom. The Morgan fingerprint density at radius 2 is 1.37 bits per heavy atom. The molecule has 0 aliphatic carbocycles. The van der Waals surface area contributed by atoms with Gasteiger partial charge in [0.2, 0.25) is 0 Å². The highest BCUT2D eigenvalue weighted by molar-refractivity contribution is 9.10. The molecule has 3 heteroatoms. The van der Waals surface area contributed by atoms with Gasteiger partial charge in [0.25, 0.3) is 0 Å². The van der Waals surface area contributed by atoms with Crippen LogP contribution in [0.4, 0.5) is 0 Å². The van der Waals surface area contributed by atoms with E-state index in [-0.39, 0.29) is 5.92 Å². The van der Waals surface area contributed by atoms with Crippen LogP contribution in [0, 0.1) is 0 Å². The second-order valence-corrected chi connectivity index (χ2v) is 5.19. The molecule has 0 fully saturated rings. The van der Waals surface area contributed by atoms with E-state index in [0.29, 0.717) is 0 Å². The Balaban J connectivity index is 2.15. The molecular formula is C16H13BrN2. The summed E-state index contributed by atoms with van der Waals surface area (Å²) in [5, 5.41) is 7.08. The van der Waals surface area contributed by atoms with Gasteiger partial charge in [0, 0.05) is 11.5 Å². The molecule has 0 amide bonds. The van der Waals surface area contributed by atoms with Crippen molar-refractivity contribution in [2.45, 2.75) is 5.92 Å². The number of benzene rings is 2. The third kappa shape index (κ3) is 2.47. The molecule has 94 valence electrons. The van der Waals surface area contributed by atoms with Gasteiger partial charge in [0.05, 0.1) is 6.20 Å². The first-order valence-electron chi connectivity index (χ1n) is 6.15. The fraction of sp³-hybridized carbons (Fsp3) is 0.0625. The summed E-state index contributed by atoms with van der Waals surface area (Å²) in [5.74, 6) is 0.190. The third-order valence-electron chi connectivity index (χ3n) is 3.20. The molecule has 2 nitrogen and oxygen atoms in total. The number of halogens is 1. The molecule has 0 unspecified atom stereocenters. The predicted molar refractivity (Wildman–Crippen MR) is 80.1 cm³/mol. The molecule has 3 aromatic rings. The molecule has 0 spiro atoms. The van der Waals surface area contributed by atoms with Crippen LogP contribution in [0.2, 0.25) is 0 Å². The van der Waals surface area contributed by atoms with Crippen molar-refractivity contribution < 1.29 is 0 Å². The summed E-state index contributed by atoms with van der Waals surface area (Å²) in [5.41, 5.74) is 3.67. The minimum absolute atomic E-state index is 0.190. The molecule has 1 aromatic heterocycles. The van der Waals surface area contributed by atoms with Gasteiger partial charge in [-0.15, -0.1) is 0 Å². The molecule has 0 saturated carbocycles. The lowest BCUT2D eigenvalue weighted by atomic mass is 9.87. The van der Waals surface area contributed by atoms with Crippen LogP contribution in [-0.4, -0.2) is 10.2 Å². The molecule has 0 atom stereocenters. The maximum atomic E-state index is 4.12. The molecule has 0 aliphatic rings. The summed E-state index contributed by atoms with van der Waals surface area (Å²) < 4.78 is 0.935. The SMILES string of the molecule is Brc1[nH]ncc1C(c1ccccc1)c1ccccc1. The van der Waals surface area contributed by atoms with Crippen LogP contribution >= 0.6 is 15.9 Å². The van der Waals surface area contributed by atoms with Crippen molar-refractivity contribution in [3.8, 4) is 0 Å². The summed E-state index contributed by atoms with van der Waals surface area (Å²) in [6.45, 7) is 0. The molecule has 1 heterocycles. The number of aromatic nitrogens is 2. The largest absolute Gasteiger partial charge is 0.271 e. The maximum Gasteiger partial charge on any atom is 0.105 e. The van der Waals surface area contributed by atoms with E-state index in [0.717, 1.165) is 10.2 Å². The molecular weight excluding hydrogens is 300 g/mol. The zero-order valence-electron chi connectivity index (χ0n) is 10.3. The first-order chi connectivity index (χ1) is 9.36. The normalized spacial score (nSPS) is 10.8. The van der Waals surface area contributed by atoms with Crippen LogP contribution in [0.3, 0.4) is 0 Å². The lowest BCUT2D eigenvalue weighted by Gasteiger charge is -2.17. The number of rotatable bonds is 3. The highest BCUT2D eigenvalue weighted by atomic mass is 79.9. The van der Waals surface area contributed by atoms with E-state index in [1.807, 2.05) is 18.3 Å². The minimum Gasteiger partial charge on any atom is -0.271 e. The Bertz CT molecular complexity index is 607. The molecule has 2 aromatic carbocycles. The van der Waals surface area contributed by atoms with E-state index in [4.69, 9.17) is 0 Å². The van der Waals surface area contributed by atoms with Crippen LogP contribution in [0.1, 0.15) is 22.6 Å². The lowest BCUT2D eigenvalue weighted by Crippen LogP contribution is -2.02. The van der Waals surface area contributed by atoms with Gasteiger partial charge >= 0.3 is 0 Å². The molecule has 19 heavy (non-hydrogen) atoms. The first-order valence-corrected chi connectivity index (χ1v) is 6.94.